The molecule has 0 aliphatic carbocycles. The average molecular weight is 223 g/mol. The molecule has 0 aromatic rings. The van der Waals surface area contributed by atoms with Crippen molar-refractivity contribution in [2.45, 2.75) is 13.8 Å². The molecule has 0 radical (unpaired) electrons. The van der Waals surface area contributed by atoms with Crippen molar-refractivity contribution in [2.75, 3.05) is 13.7 Å². The number of ether oxygens (including phenoxy) is 1. The van der Waals surface area contributed by atoms with Crippen LogP contribution in [0.2, 0.25) is 0 Å². The molecule has 16 heavy (non-hydrogen) atoms. The van der Waals surface area contributed by atoms with Gasteiger partial charge in [-0.2, -0.15) is 0 Å². The van der Waals surface area contributed by atoms with E-state index in [-0.39, 0.29) is 5.91 Å². The van der Waals surface area contributed by atoms with Crippen LogP contribution in [0.5, 0.6) is 0 Å². The Hall–Kier alpha value is -1.77. The number of rotatable bonds is 5. The molecule has 3 nitrogen and oxygen atoms in total. The average Bonchev–Trinajstić information content (AvgIpc) is 2.27. The first-order valence-corrected chi connectivity index (χ1v) is 4.91. The van der Waals surface area contributed by atoms with Gasteiger partial charge in [0, 0.05) is 6.54 Å². The molecular formula is C13H21NO2. The number of amides is 1. The van der Waals surface area contributed by atoms with Crippen molar-refractivity contribution in [1.29, 1.82) is 0 Å². The van der Waals surface area contributed by atoms with Crippen LogP contribution >= 0.6 is 0 Å². The monoisotopic (exact) mass is 223 g/mol. The fourth-order valence-electron chi connectivity index (χ4n) is 0.885. The fourth-order valence-corrected chi connectivity index (χ4v) is 0.885. The minimum absolute atomic E-state index is 0.192. The molecule has 3 heteroatoms. The van der Waals surface area contributed by atoms with E-state index < -0.39 is 0 Å². The second-order valence-corrected chi connectivity index (χ2v) is 2.89. The lowest BCUT2D eigenvalue weighted by Crippen LogP contribution is -2.25. The Bertz CT molecular complexity index is 290. The molecular weight excluding hydrogens is 202 g/mol. The summed E-state index contributed by atoms with van der Waals surface area (Å²) in [6, 6.07) is 0. The van der Waals surface area contributed by atoms with Crippen molar-refractivity contribution in [2.24, 2.45) is 0 Å². The summed E-state index contributed by atoms with van der Waals surface area (Å²) in [5.41, 5.74) is 1.20. The summed E-state index contributed by atoms with van der Waals surface area (Å²) in [6.07, 6.45) is 1.65. The van der Waals surface area contributed by atoms with Gasteiger partial charge in [-0.15, -0.1) is 13.2 Å². The first-order chi connectivity index (χ1) is 7.52. The highest BCUT2D eigenvalue weighted by Crippen LogP contribution is 2.11. The van der Waals surface area contributed by atoms with E-state index in [1.54, 1.807) is 6.08 Å². The van der Waals surface area contributed by atoms with Gasteiger partial charge in [0.25, 0.3) is 5.91 Å². The van der Waals surface area contributed by atoms with E-state index in [0.717, 1.165) is 5.57 Å². The Morgan fingerprint density at radius 1 is 1.38 bits per heavy atom. The first kappa shape index (κ1) is 16.7. The van der Waals surface area contributed by atoms with Crippen LogP contribution in [0.15, 0.2) is 49.3 Å². The summed E-state index contributed by atoms with van der Waals surface area (Å²) >= 11 is 0. The second kappa shape index (κ2) is 9.77. The van der Waals surface area contributed by atoms with Crippen molar-refractivity contribution < 1.29 is 9.53 Å². The first-order valence-electron chi connectivity index (χ1n) is 4.91. The van der Waals surface area contributed by atoms with Gasteiger partial charge in [0.05, 0.1) is 12.7 Å². The Morgan fingerprint density at radius 3 is 2.19 bits per heavy atom. The van der Waals surface area contributed by atoms with Crippen molar-refractivity contribution in [1.82, 2.24) is 5.32 Å². The highest BCUT2D eigenvalue weighted by atomic mass is 16.5. The van der Waals surface area contributed by atoms with E-state index in [4.69, 9.17) is 4.74 Å². The third-order valence-electron chi connectivity index (χ3n) is 1.52. The summed E-state index contributed by atoms with van der Waals surface area (Å²) in [6.45, 7) is 17.6. The van der Waals surface area contributed by atoms with Gasteiger partial charge in [-0.05, 0) is 19.9 Å². The number of allylic oxidation sites excluding steroid dienone is 2. The highest BCUT2D eigenvalue weighted by Gasteiger charge is 2.11. The van der Waals surface area contributed by atoms with Gasteiger partial charge in [-0.25, -0.2) is 0 Å². The maximum absolute atomic E-state index is 11.5. The molecule has 1 amide bonds. The quantitative estimate of drug-likeness (QED) is 0.337. The predicted molar refractivity (Wildman–Crippen MR) is 69.0 cm³/mol. The summed E-state index contributed by atoms with van der Waals surface area (Å²) < 4.78 is 4.92. The molecule has 0 atom stereocenters. The molecule has 0 saturated heterocycles. The Morgan fingerprint density at radius 2 is 1.88 bits per heavy atom. The van der Waals surface area contributed by atoms with Crippen LogP contribution in [0.4, 0.5) is 0 Å². The SMILES string of the molecule is C=C.C=C(C)/C=C(\C(=C)OC)C(=O)NCC. The van der Waals surface area contributed by atoms with Crippen molar-refractivity contribution in [3.05, 3.63) is 49.3 Å². The van der Waals surface area contributed by atoms with Gasteiger partial charge in [0.2, 0.25) is 0 Å². The van der Waals surface area contributed by atoms with E-state index in [1.165, 1.54) is 7.11 Å². The number of nitrogens with one attached hydrogen (secondary N) is 1. The van der Waals surface area contributed by atoms with Crippen LogP contribution in [0.25, 0.3) is 0 Å². The molecule has 0 rings (SSSR count). The highest BCUT2D eigenvalue weighted by molar-refractivity contribution is 5.97. The van der Waals surface area contributed by atoms with Crippen LogP contribution in [0.3, 0.4) is 0 Å². The number of methoxy groups -OCH3 is 1. The van der Waals surface area contributed by atoms with E-state index in [1.807, 2.05) is 13.8 Å². The summed E-state index contributed by atoms with van der Waals surface area (Å²) in [4.78, 5) is 11.5. The summed E-state index contributed by atoms with van der Waals surface area (Å²) in [7, 11) is 1.48. The molecule has 0 aliphatic rings. The molecule has 0 aliphatic heterocycles. The zero-order valence-corrected chi connectivity index (χ0v) is 10.4. The minimum atomic E-state index is -0.192. The smallest absolute Gasteiger partial charge is 0.255 e. The number of carbonyl (C=O) groups is 1. The molecule has 0 heterocycles. The van der Waals surface area contributed by atoms with Gasteiger partial charge in [0.1, 0.15) is 5.76 Å². The molecule has 0 bridgehead atoms. The standard InChI is InChI=1S/C11H17NO2.C2H4/c1-6-12-11(13)10(7-8(2)3)9(4)14-5;1-2/h7H,2,4,6H2,1,3,5H3,(H,12,13);1-2H2/b10-7+;. The third-order valence-corrected chi connectivity index (χ3v) is 1.52. The van der Waals surface area contributed by atoms with Crippen LogP contribution in [0.1, 0.15) is 13.8 Å². The molecule has 0 saturated carbocycles. The van der Waals surface area contributed by atoms with Gasteiger partial charge < -0.3 is 10.1 Å². The summed E-state index contributed by atoms with van der Waals surface area (Å²) in [5, 5.41) is 2.68. The molecule has 0 aromatic carbocycles. The normalized spacial score (nSPS) is 9.56. The lowest BCUT2D eigenvalue weighted by atomic mass is 10.1. The zero-order chi connectivity index (χ0) is 13.1. The van der Waals surface area contributed by atoms with Gasteiger partial charge in [-0.1, -0.05) is 18.7 Å². The topological polar surface area (TPSA) is 38.3 Å². The van der Waals surface area contributed by atoms with Gasteiger partial charge in [-0.3, -0.25) is 4.79 Å². The largest absolute Gasteiger partial charge is 0.497 e. The minimum Gasteiger partial charge on any atom is -0.497 e. The molecule has 90 valence electrons. The number of likely N-dealkylation sites (N-methyl/N-ethyl adjacent to an activating group) is 1. The number of hydrogen-bond donors (Lipinski definition) is 1. The lowest BCUT2D eigenvalue weighted by molar-refractivity contribution is -0.117. The zero-order valence-electron chi connectivity index (χ0n) is 10.4. The van der Waals surface area contributed by atoms with Gasteiger partial charge in [0.15, 0.2) is 0 Å². The molecule has 0 aromatic heterocycles. The number of carbonyl (C=O) groups excluding carboxylic acids is 1. The maximum Gasteiger partial charge on any atom is 0.255 e. The molecule has 0 fully saturated rings. The number of hydrogen-bond acceptors (Lipinski definition) is 2. The van der Waals surface area contributed by atoms with E-state index >= 15 is 0 Å². The van der Waals surface area contributed by atoms with E-state index in [2.05, 4.69) is 31.6 Å². The Kier molecular flexibility index (Phi) is 10.2. The van der Waals surface area contributed by atoms with E-state index in [9.17, 15) is 4.79 Å². The molecule has 0 unspecified atom stereocenters. The van der Waals surface area contributed by atoms with Crippen LogP contribution in [-0.2, 0) is 9.53 Å². The lowest BCUT2D eigenvalue weighted by Gasteiger charge is -2.09. The third kappa shape index (κ3) is 6.65. The van der Waals surface area contributed by atoms with Crippen LogP contribution < -0.4 is 5.32 Å². The molecule has 1 N–H and O–H groups in total. The van der Waals surface area contributed by atoms with Crippen LogP contribution in [-0.4, -0.2) is 19.6 Å². The maximum atomic E-state index is 11.5. The molecule has 0 spiro atoms. The predicted octanol–water partition coefficient (Wildman–Crippen LogP) is 2.59. The second-order valence-electron chi connectivity index (χ2n) is 2.89. The Labute approximate surface area is 98.2 Å². The van der Waals surface area contributed by atoms with Crippen molar-refractivity contribution in [3.63, 3.8) is 0 Å². The Balaban J connectivity index is 0. The van der Waals surface area contributed by atoms with Crippen molar-refractivity contribution >= 4 is 5.91 Å². The van der Waals surface area contributed by atoms with Gasteiger partial charge >= 0.3 is 0 Å². The van der Waals surface area contributed by atoms with Crippen LogP contribution in [0, 0.1) is 0 Å². The van der Waals surface area contributed by atoms with Crippen molar-refractivity contribution in [3.8, 4) is 0 Å². The van der Waals surface area contributed by atoms with E-state index in [0.29, 0.717) is 17.9 Å². The fraction of sp³-hybridized carbons (Fsp3) is 0.308. The summed E-state index contributed by atoms with van der Waals surface area (Å²) in [5.74, 6) is 0.154.